The highest BCUT2D eigenvalue weighted by Gasteiger charge is 2.41. The minimum Gasteiger partial charge on any atom is -0.464 e. The second kappa shape index (κ2) is 17.3. The fourth-order valence-corrected chi connectivity index (χ4v) is 4.09. The van der Waals surface area contributed by atoms with Crippen LogP contribution in [-0.4, -0.2) is 84.4 Å². The first-order chi connectivity index (χ1) is 19.3. The number of hydrogen-bond donors (Lipinski definition) is 5. The van der Waals surface area contributed by atoms with Gasteiger partial charge in [0.05, 0.1) is 19.6 Å². The van der Waals surface area contributed by atoms with E-state index < -0.39 is 71.1 Å². The maximum atomic E-state index is 13.2. The van der Waals surface area contributed by atoms with E-state index >= 15 is 0 Å². The molecule has 0 aromatic carbocycles. The number of carbonyl (C=O) groups excluding carboxylic acids is 7. The highest BCUT2D eigenvalue weighted by Crippen LogP contribution is 2.15. The number of esters is 2. The van der Waals surface area contributed by atoms with Gasteiger partial charge in [0, 0.05) is 20.4 Å². The minimum absolute atomic E-state index is 0.0703. The highest BCUT2D eigenvalue weighted by molar-refractivity contribution is 5.97. The van der Waals surface area contributed by atoms with Gasteiger partial charge >= 0.3 is 11.9 Å². The Balaban J connectivity index is 5.68. The molecular formula is C28H49N5O9. The monoisotopic (exact) mass is 599 g/mol. The molecule has 0 aromatic heterocycles. The third kappa shape index (κ3) is 12.4. The molecule has 0 aliphatic heterocycles. The Bertz CT molecular complexity index is 1000. The number of hydrogen-bond acceptors (Lipinski definition) is 9. The maximum Gasteiger partial charge on any atom is 0.328 e. The normalized spacial score (nSPS) is 15.2. The number of nitrogens with one attached hydrogen (secondary N) is 5. The summed E-state index contributed by atoms with van der Waals surface area (Å²) in [7, 11) is 0. The summed E-state index contributed by atoms with van der Waals surface area (Å²) in [5.74, 6) is -5.03. The van der Waals surface area contributed by atoms with Gasteiger partial charge in [0.25, 0.3) is 0 Å². The number of ether oxygens (including phenoxy) is 2. The van der Waals surface area contributed by atoms with E-state index in [9.17, 15) is 33.6 Å². The van der Waals surface area contributed by atoms with Crippen molar-refractivity contribution >= 4 is 41.5 Å². The topological polar surface area (TPSA) is 198 Å². The van der Waals surface area contributed by atoms with E-state index in [1.54, 1.807) is 41.5 Å². The Labute approximate surface area is 248 Å². The molecule has 4 atom stereocenters. The molecule has 14 nitrogen and oxygen atoms in total. The molecule has 0 aliphatic rings. The summed E-state index contributed by atoms with van der Waals surface area (Å²) in [5.41, 5.74) is -3.24. The summed E-state index contributed by atoms with van der Waals surface area (Å²) in [6.45, 7) is 15.5. The fraction of sp³-hybridized carbons (Fsp3) is 0.750. The van der Waals surface area contributed by atoms with Crippen LogP contribution >= 0.6 is 0 Å². The Morgan fingerprint density at radius 1 is 0.667 bits per heavy atom. The van der Waals surface area contributed by atoms with Crippen LogP contribution < -0.4 is 26.6 Å². The Hall–Kier alpha value is -3.71. The highest BCUT2D eigenvalue weighted by atomic mass is 16.5. The summed E-state index contributed by atoms with van der Waals surface area (Å²) >= 11 is 0. The van der Waals surface area contributed by atoms with Crippen LogP contribution in [-0.2, 0) is 43.0 Å². The molecule has 0 aromatic rings. The summed E-state index contributed by atoms with van der Waals surface area (Å²) < 4.78 is 10.1. The van der Waals surface area contributed by atoms with Gasteiger partial charge in [0.15, 0.2) is 0 Å². The lowest BCUT2D eigenvalue weighted by Crippen LogP contribution is -2.62. The molecule has 0 saturated heterocycles. The summed E-state index contributed by atoms with van der Waals surface area (Å²) in [6, 6.07) is -1.96. The van der Waals surface area contributed by atoms with Gasteiger partial charge in [-0.25, -0.2) is 9.59 Å². The third-order valence-electron chi connectivity index (χ3n) is 6.36. The largest absolute Gasteiger partial charge is 0.464 e. The first-order valence-electron chi connectivity index (χ1n) is 14.1. The molecule has 0 rings (SSSR count). The smallest absolute Gasteiger partial charge is 0.328 e. The average molecular weight is 600 g/mol. The molecular weight excluding hydrogens is 550 g/mol. The SMILES string of the molecule is CCOC(=O)[C@@H](NC(=O)[C@@](C)(CCNC(=O)C[C@@](C)(NC(C)=O)C(=O)N[C@H](C(=O)OCC)C(C)C)NC(C)=O)C(C)C. The predicted molar refractivity (Wildman–Crippen MR) is 153 cm³/mol. The first-order valence-corrected chi connectivity index (χ1v) is 14.1. The zero-order valence-corrected chi connectivity index (χ0v) is 26.5. The number of amides is 5. The first kappa shape index (κ1) is 38.3. The third-order valence-corrected chi connectivity index (χ3v) is 6.36. The van der Waals surface area contributed by atoms with Crippen LogP contribution in [0.5, 0.6) is 0 Å². The average Bonchev–Trinajstić information content (AvgIpc) is 2.84. The standard InChI is InChI=1S/C28H49N5O9/c1-11-41-23(37)21(16(3)4)30-25(39)27(9,32-18(7)34)13-14-29-20(36)15-28(10,33-19(8)35)26(40)31-22(17(5)6)24(38)42-12-2/h16-17,21-22H,11-15H2,1-10H3,(H,29,36)(H,30,39)(H,31,40)(H,32,34)(H,33,35)/t21-,22-,27+,28+/m0/s1. The van der Waals surface area contributed by atoms with Crippen molar-refractivity contribution in [3.63, 3.8) is 0 Å². The lowest BCUT2D eigenvalue weighted by molar-refractivity contribution is -0.150. The molecule has 42 heavy (non-hydrogen) atoms. The summed E-state index contributed by atoms with van der Waals surface area (Å²) in [5, 5.41) is 12.8. The Kier molecular flexibility index (Phi) is 15.8. The van der Waals surface area contributed by atoms with Gasteiger partial charge in [0.1, 0.15) is 23.2 Å². The van der Waals surface area contributed by atoms with Crippen molar-refractivity contribution in [1.29, 1.82) is 0 Å². The lowest BCUT2D eigenvalue weighted by Gasteiger charge is -2.33. The van der Waals surface area contributed by atoms with Crippen LogP contribution in [0, 0.1) is 11.8 Å². The van der Waals surface area contributed by atoms with Crippen LogP contribution in [0.4, 0.5) is 0 Å². The fourth-order valence-electron chi connectivity index (χ4n) is 4.09. The molecule has 0 spiro atoms. The molecule has 5 N–H and O–H groups in total. The van der Waals surface area contributed by atoms with Crippen LogP contribution in [0.1, 0.15) is 82.1 Å². The van der Waals surface area contributed by atoms with Crippen molar-refractivity contribution < 1.29 is 43.0 Å². The predicted octanol–water partition coefficient (Wildman–Crippen LogP) is 0.0802. The van der Waals surface area contributed by atoms with Gasteiger partial charge in [-0.3, -0.25) is 24.0 Å². The molecule has 0 radical (unpaired) electrons. The van der Waals surface area contributed by atoms with Crippen LogP contribution in [0.3, 0.4) is 0 Å². The van der Waals surface area contributed by atoms with Crippen molar-refractivity contribution in [3.8, 4) is 0 Å². The van der Waals surface area contributed by atoms with Crippen molar-refractivity contribution in [2.45, 2.75) is 105 Å². The molecule has 240 valence electrons. The van der Waals surface area contributed by atoms with E-state index in [2.05, 4.69) is 26.6 Å². The van der Waals surface area contributed by atoms with Crippen molar-refractivity contribution in [2.24, 2.45) is 11.8 Å². The van der Waals surface area contributed by atoms with Crippen LogP contribution in [0.15, 0.2) is 0 Å². The van der Waals surface area contributed by atoms with Crippen molar-refractivity contribution in [3.05, 3.63) is 0 Å². The second-order valence-electron chi connectivity index (χ2n) is 11.2. The lowest BCUT2D eigenvalue weighted by atomic mass is 9.93. The van der Waals surface area contributed by atoms with Gasteiger partial charge in [-0.15, -0.1) is 0 Å². The molecule has 0 fully saturated rings. The molecule has 0 aliphatic carbocycles. The van der Waals surface area contributed by atoms with E-state index in [0.29, 0.717) is 0 Å². The van der Waals surface area contributed by atoms with Gasteiger partial charge < -0.3 is 36.1 Å². The van der Waals surface area contributed by atoms with Crippen molar-refractivity contribution in [1.82, 2.24) is 26.6 Å². The number of carbonyl (C=O) groups is 7. The van der Waals surface area contributed by atoms with E-state index in [1.165, 1.54) is 27.7 Å². The molecule has 0 saturated carbocycles. The molecule has 0 heterocycles. The van der Waals surface area contributed by atoms with Gasteiger partial charge in [-0.1, -0.05) is 27.7 Å². The summed E-state index contributed by atoms with van der Waals surface area (Å²) in [6.07, 6.45) is -0.563. The van der Waals surface area contributed by atoms with Gasteiger partial charge in [-0.2, -0.15) is 0 Å². The zero-order chi connectivity index (χ0) is 32.8. The second-order valence-corrected chi connectivity index (χ2v) is 11.2. The minimum atomic E-state index is -1.72. The Morgan fingerprint density at radius 3 is 1.40 bits per heavy atom. The van der Waals surface area contributed by atoms with E-state index in [0.717, 1.165) is 0 Å². The van der Waals surface area contributed by atoms with E-state index in [1.807, 2.05) is 0 Å². The zero-order valence-electron chi connectivity index (χ0n) is 26.5. The van der Waals surface area contributed by atoms with Crippen LogP contribution in [0.2, 0.25) is 0 Å². The number of rotatable bonds is 17. The van der Waals surface area contributed by atoms with E-state index in [-0.39, 0.29) is 38.0 Å². The summed E-state index contributed by atoms with van der Waals surface area (Å²) in [4.78, 5) is 87.9. The molecule has 5 amide bonds. The molecule has 0 unspecified atom stereocenters. The van der Waals surface area contributed by atoms with Gasteiger partial charge in [-0.05, 0) is 46.0 Å². The van der Waals surface area contributed by atoms with Crippen LogP contribution in [0.25, 0.3) is 0 Å². The quantitative estimate of drug-likeness (QED) is 0.144. The molecule has 0 bridgehead atoms. The van der Waals surface area contributed by atoms with Gasteiger partial charge in [0.2, 0.25) is 29.5 Å². The van der Waals surface area contributed by atoms with E-state index in [4.69, 9.17) is 9.47 Å². The van der Waals surface area contributed by atoms with Crippen molar-refractivity contribution in [2.75, 3.05) is 19.8 Å². The maximum absolute atomic E-state index is 13.2. The molecule has 14 heteroatoms. The Morgan fingerprint density at radius 2 is 1.05 bits per heavy atom.